The van der Waals surface area contributed by atoms with Crippen LogP contribution in [0.15, 0.2) is 0 Å². The van der Waals surface area contributed by atoms with Crippen molar-refractivity contribution in [2.45, 2.75) is 40.0 Å². The molecule has 1 saturated heterocycles. The van der Waals surface area contributed by atoms with E-state index in [1.165, 1.54) is 17.4 Å². The first-order valence-electron chi connectivity index (χ1n) is 9.04. The Morgan fingerprint density at radius 3 is 2.67 bits per heavy atom. The fraction of sp³-hybridized carbons (Fsp3) is 0.667. The van der Waals surface area contributed by atoms with Gasteiger partial charge in [0, 0.05) is 11.8 Å². The number of piperazine rings is 1. The zero-order valence-corrected chi connectivity index (χ0v) is 15.7. The molecule has 0 bridgehead atoms. The van der Waals surface area contributed by atoms with Crippen molar-refractivity contribution in [3.8, 4) is 0 Å². The maximum absolute atomic E-state index is 13.2. The third kappa shape index (κ3) is 3.49. The smallest absolute Gasteiger partial charge is 0.257 e. The number of likely N-dealkylation sites (N-methyl/N-ethyl adjacent to an activating group) is 1. The maximum Gasteiger partial charge on any atom is 0.257 e. The number of rotatable bonds is 3. The molecule has 2 heterocycles. The van der Waals surface area contributed by atoms with Gasteiger partial charge in [-0.25, -0.2) is 0 Å². The van der Waals surface area contributed by atoms with E-state index in [1.807, 2.05) is 4.90 Å². The predicted octanol–water partition coefficient (Wildman–Crippen LogP) is 1.19. The Morgan fingerprint density at radius 1 is 1.33 bits per heavy atom. The lowest BCUT2D eigenvalue weighted by Gasteiger charge is -2.32. The summed E-state index contributed by atoms with van der Waals surface area (Å²) >= 11 is 1.61. The summed E-state index contributed by atoms with van der Waals surface area (Å²) in [4.78, 5) is 29.6. The van der Waals surface area contributed by atoms with Gasteiger partial charge in [0.15, 0.2) is 0 Å². The Kier molecular flexibility index (Phi) is 5.25. The minimum atomic E-state index is -0.101. The van der Waals surface area contributed by atoms with Crippen molar-refractivity contribution in [2.75, 3.05) is 38.0 Å². The van der Waals surface area contributed by atoms with E-state index in [2.05, 4.69) is 19.2 Å². The van der Waals surface area contributed by atoms with Crippen molar-refractivity contribution < 1.29 is 14.5 Å². The quantitative estimate of drug-likeness (QED) is 0.860. The van der Waals surface area contributed by atoms with Crippen LogP contribution in [0.25, 0.3) is 0 Å². The van der Waals surface area contributed by atoms with Gasteiger partial charge >= 0.3 is 0 Å². The van der Waals surface area contributed by atoms with Gasteiger partial charge < -0.3 is 15.1 Å². The Balaban J connectivity index is 1.88. The molecular weight excluding hydrogens is 322 g/mol. The number of fused-ring (bicyclic) bond motifs is 1. The van der Waals surface area contributed by atoms with Gasteiger partial charge in [0.2, 0.25) is 5.91 Å². The lowest BCUT2D eigenvalue weighted by atomic mass is 9.88. The van der Waals surface area contributed by atoms with E-state index in [0.29, 0.717) is 5.92 Å². The van der Waals surface area contributed by atoms with E-state index in [-0.39, 0.29) is 11.8 Å². The van der Waals surface area contributed by atoms with Gasteiger partial charge in [-0.3, -0.25) is 9.59 Å². The Hall–Kier alpha value is -1.40. The largest absolute Gasteiger partial charge is 0.332 e. The van der Waals surface area contributed by atoms with Crippen molar-refractivity contribution in [1.29, 1.82) is 0 Å². The summed E-state index contributed by atoms with van der Waals surface area (Å²) in [5, 5.41) is 3.67. The molecule has 2 amide bonds. The molecule has 0 unspecified atom stereocenters. The molecule has 2 N–H and O–H groups in total. The summed E-state index contributed by atoms with van der Waals surface area (Å²) < 4.78 is 0. The van der Waals surface area contributed by atoms with E-state index in [4.69, 9.17) is 0 Å². The number of nitrogens with zero attached hydrogens (tertiary/aromatic N) is 1. The third-order valence-corrected chi connectivity index (χ3v) is 6.44. The predicted molar refractivity (Wildman–Crippen MR) is 97.0 cm³/mol. The minimum absolute atomic E-state index is 0.101. The summed E-state index contributed by atoms with van der Waals surface area (Å²) in [5.41, 5.74) is 1.97. The van der Waals surface area contributed by atoms with E-state index >= 15 is 0 Å². The van der Waals surface area contributed by atoms with Crippen LogP contribution in [-0.2, 0) is 17.6 Å². The highest BCUT2D eigenvalue weighted by atomic mass is 32.1. The van der Waals surface area contributed by atoms with Gasteiger partial charge in [-0.2, -0.15) is 0 Å². The van der Waals surface area contributed by atoms with Gasteiger partial charge in [-0.1, -0.05) is 6.92 Å². The molecule has 0 spiro atoms. The average molecular weight is 351 g/mol. The summed E-state index contributed by atoms with van der Waals surface area (Å²) in [7, 11) is 0. The summed E-state index contributed by atoms with van der Waals surface area (Å²) in [5.74, 6) is 0.665. The van der Waals surface area contributed by atoms with Crippen LogP contribution >= 0.6 is 11.3 Å². The standard InChI is InChI=1S/C18H27N3O2S/c1-4-20-7-9-21(10-8-20)18(23)16-14-6-5-12(2)11-15(14)24-17(16)19-13(3)22/h12H,4-11H2,1-3H3,(H,19,22)/p+1/t12-/m1/s1. The molecule has 1 aliphatic heterocycles. The molecule has 24 heavy (non-hydrogen) atoms. The van der Waals surface area contributed by atoms with E-state index < -0.39 is 0 Å². The molecule has 0 radical (unpaired) electrons. The Bertz CT molecular complexity index is 632. The number of carbonyl (C=O) groups is 2. The van der Waals surface area contributed by atoms with Crippen LogP contribution in [0.3, 0.4) is 0 Å². The van der Waals surface area contributed by atoms with Crippen LogP contribution in [0.4, 0.5) is 5.00 Å². The molecule has 0 aromatic carbocycles. The molecule has 1 atom stereocenters. The normalized spacial score (nSPS) is 21.5. The number of quaternary nitrogens is 1. The van der Waals surface area contributed by atoms with Crippen LogP contribution in [0, 0.1) is 5.92 Å². The molecule has 2 aliphatic rings. The van der Waals surface area contributed by atoms with Crippen LogP contribution in [0.1, 0.15) is 48.0 Å². The summed E-state index contributed by atoms with van der Waals surface area (Å²) in [6, 6.07) is 0. The van der Waals surface area contributed by atoms with Crippen molar-refractivity contribution in [3.05, 3.63) is 16.0 Å². The molecule has 5 nitrogen and oxygen atoms in total. The van der Waals surface area contributed by atoms with Crippen LogP contribution < -0.4 is 10.2 Å². The minimum Gasteiger partial charge on any atom is -0.332 e. The molecule has 132 valence electrons. The fourth-order valence-electron chi connectivity index (χ4n) is 3.76. The van der Waals surface area contributed by atoms with Gasteiger partial charge in [0.25, 0.3) is 5.91 Å². The summed E-state index contributed by atoms with van der Waals surface area (Å²) in [6.07, 6.45) is 3.10. The van der Waals surface area contributed by atoms with Crippen molar-refractivity contribution >= 4 is 28.2 Å². The van der Waals surface area contributed by atoms with Gasteiger partial charge in [0.05, 0.1) is 38.3 Å². The van der Waals surface area contributed by atoms with E-state index in [9.17, 15) is 9.59 Å². The van der Waals surface area contributed by atoms with Crippen molar-refractivity contribution in [3.63, 3.8) is 0 Å². The second kappa shape index (κ2) is 7.23. The Labute approximate surface area is 148 Å². The van der Waals surface area contributed by atoms with Crippen molar-refractivity contribution in [1.82, 2.24) is 4.90 Å². The first kappa shape index (κ1) is 17.4. The first-order chi connectivity index (χ1) is 11.5. The number of nitrogens with one attached hydrogen (secondary N) is 2. The number of hydrogen-bond acceptors (Lipinski definition) is 3. The van der Waals surface area contributed by atoms with Gasteiger partial charge in [0.1, 0.15) is 5.00 Å². The molecule has 1 aromatic heterocycles. The van der Waals surface area contributed by atoms with Crippen LogP contribution in [0.5, 0.6) is 0 Å². The second-order valence-corrected chi connectivity index (χ2v) is 8.24. The zero-order chi connectivity index (χ0) is 17.3. The Morgan fingerprint density at radius 2 is 2.04 bits per heavy atom. The SMILES string of the molecule is CC[NH+]1CCN(C(=O)c2c(NC(C)=O)sc3c2CC[C@@H](C)C3)CC1. The average Bonchev–Trinajstić information content (AvgIpc) is 2.90. The summed E-state index contributed by atoms with van der Waals surface area (Å²) in [6.45, 7) is 10.7. The van der Waals surface area contributed by atoms with Crippen molar-refractivity contribution in [2.24, 2.45) is 5.92 Å². The highest BCUT2D eigenvalue weighted by Gasteiger charge is 2.32. The first-order valence-corrected chi connectivity index (χ1v) is 9.86. The molecule has 1 aromatic rings. The number of thiophene rings is 1. The van der Waals surface area contributed by atoms with Gasteiger partial charge in [-0.15, -0.1) is 11.3 Å². The zero-order valence-electron chi connectivity index (χ0n) is 14.9. The molecule has 3 rings (SSSR count). The monoisotopic (exact) mass is 350 g/mol. The second-order valence-electron chi connectivity index (χ2n) is 7.13. The number of amides is 2. The fourth-order valence-corrected chi connectivity index (χ4v) is 5.21. The maximum atomic E-state index is 13.2. The van der Waals surface area contributed by atoms with Crippen LogP contribution in [0.2, 0.25) is 0 Å². The molecule has 1 fully saturated rings. The number of carbonyl (C=O) groups excluding carboxylic acids is 2. The van der Waals surface area contributed by atoms with Crippen LogP contribution in [-0.4, -0.2) is 49.4 Å². The topological polar surface area (TPSA) is 53.9 Å². The lowest BCUT2D eigenvalue weighted by Crippen LogP contribution is -3.14. The third-order valence-electron chi connectivity index (χ3n) is 5.27. The van der Waals surface area contributed by atoms with E-state index in [0.717, 1.165) is 62.6 Å². The molecule has 0 saturated carbocycles. The molecular formula is C18H28N3O2S+. The molecule has 6 heteroatoms. The highest BCUT2D eigenvalue weighted by Crippen LogP contribution is 2.40. The van der Waals surface area contributed by atoms with E-state index in [1.54, 1.807) is 16.2 Å². The number of anilines is 1. The number of hydrogen-bond donors (Lipinski definition) is 2. The molecule has 1 aliphatic carbocycles. The lowest BCUT2D eigenvalue weighted by molar-refractivity contribution is -0.902. The highest BCUT2D eigenvalue weighted by molar-refractivity contribution is 7.17. The van der Waals surface area contributed by atoms with Gasteiger partial charge in [-0.05, 0) is 37.7 Å².